The van der Waals surface area contributed by atoms with Crippen molar-refractivity contribution in [1.29, 1.82) is 0 Å². The summed E-state index contributed by atoms with van der Waals surface area (Å²) in [5.41, 5.74) is 0.0183. The molecule has 0 aliphatic carbocycles. The lowest BCUT2D eigenvalue weighted by Gasteiger charge is -2.15. The summed E-state index contributed by atoms with van der Waals surface area (Å²) in [6, 6.07) is 2.89. The Hall–Kier alpha value is -2.44. The van der Waals surface area contributed by atoms with Gasteiger partial charge in [-0.15, -0.1) is 0 Å². The summed E-state index contributed by atoms with van der Waals surface area (Å²) >= 11 is 0. The van der Waals surface area contributed by atoms with Crippen LogP contribution in [0.2, 0.25) is 0 Å². The number of carbonyl (C=O) groups excluding carboxylic acids is 1. The Morgan fingerprint density at radius 3 is 2.95 bits per heavy atom. The molecule has 1 atom stereocenters. The third kappa shape index (κ3) is 3.36. The highest BCUT2D eigenvalue weighted by atomic mass is 19.1. The molecule has 2 N–H and O–H groups in total. The second-order valence-electron chi connectivity index (χ2n) is 4.70. The summed E-state index contributed by atoms with van der Waals surface area (Å²) in [6.45, 7) is 4.50. The molecule has 0 aliphatic heterocycles. The second-order valence-corrected chi connectivity index (χ2v) is 4.70. The van der Waals surface area contributed by atoms with Gasteiger partial charge in [0.15, 0.2) is 0 Å². The number of hydrogen-bond donors (Lipinski definition) is 2. The van der Waals surface area contributed by atoms with E-state index in [9.17, 15) is 14.3 Å². The fourth-order valence-corrected chi connectivity index (χ4v) is 2.03. The maximum atomic E-state index is 12.9. The van der Waals surface area contributed by atoms with Crippen LogP contribution in [0.25, 0.3) is 0 Å². The van der Waals surface area contributed by atoms with Gasteiger partial charge < -0.3 is 10.4 Å². The molecule has 0 unspecified atom stereocenters. The molecule has 6 nitrogen and oxygen atoms in total. The molecule has 0 saturated carbocycles. The normalized spacial score (nSPS) is 12.1. The predicted octanol–water partition coefficient (Wildman–Crippen LogP) is 2.02. The topological polar surface area (TPSA) is 80.0 Å². The fourth-order valence-electron chi connectivity index (χ4n) is 2.03. The van der Waals surface area contributed by atoms with E-state index in [0.29, 0.717) is 12.4 Å². The van der Waals surface area contributed by atoms with Crippen LogP contribution in [0.1, 0.15) is 42.5 Å². The molecule has 0 fully saturated rings. The zero-order valence-corrected chi connectivity index (χ0v) is 11.9. The van der Waals surface area contributed by atoms with Crippen LogP contribution in [0.3, 0.4) is 0 Å². The van der Waals surface area contributed by atoms with Crippen molar-refractivity contribution >= 4 is 5.91 Å². The van der Waals surface area contributed by atoms with Crippen LogP contribution in [0.4, 0.5) is 4.39 Å². The number of carbonyl (C=O) groups is 1. The quantitative estimate of drug-likeness (QED) is 0.883. The van der Waals surface area contributed by atoms with Crippen LogP contribution >= 0.6 is 0 Å². The lowest BCUT2D eigenvalue weighted by Crippen LogP contribution is -2.29. The number of aromatic nitrogens is 3. The maximum Gasteiger partial charge on any atom is 0.255 e. The SMILES string of the molecule is CCCn1ncnc1[C@@H](C)NC(=O)c1ccc(F)cc1O. The number of halogens is 1. The minimum atomic E-state index is -0.597. The van der Waals surface area contributed by atoms with Gasteiger partial charge in [-0.3, -0.25) is 4.79 Å². The van der Waals surface area contributed by atoms with Crippen molar-refractivity contribution in [3.8, 4) is 5.75 Å². The number of amides is 1. The molecule has 0 aliphatic rings. The van der Waals surface area contributed by atoms with Crippen molar-refractivity contribution in [3.63, 3.8) is 0 Å². The number of aromatic hydroxyl groups is 1. The lowest BCUT2D eigenvalue weighted by atomic mass is 10.1. The number of phenolic OH excluding ortho intramolecular Hbond substituents is 1. The Kier molecular flexibility index (Phi) is 4.52. The first-order valence-corrected chi connectivity index (χ1v) is 6.70. The highest BCUT2D eigenvalue weighted by molar-refractivity contribution is 5.96. The first-order valence-electron chi connectivity index (χ1n) is 6.70. The summed E-state index contributed by atoms with van der Waals surface area (Å²) in [5.74, 6) is -0.854. The van der Waals surface area contributed by atoms with Crippen molar-refractivity contribution in [1.82, 2.24) is 20.1 Å². The molecule has 2 rings (SSSR count). The largest absolute Gasteiger partial charge is 0.507 e. The lowest BCUT2D eigenvalue weighted by molar-refractivity contribution is 0.0934. The number of aryl methyl sites for hydroxylation is 1. The molecule has 1 heterocycles. The van der Waals surface area contributed by atoms with Crippen LogP contribution in [0.15, 0.2) is 24.5 Å². The van der Waals surface area contributed by atoms with E-state index in [-0.39, 0.29) is 11.6 Å². The molecule has 21 heavy (non-hydrogen) atoms. The van der Waals surface area contributed by atoms with Crippen molar-refractivity contribution in [2.24, 2.45) is 0 Å². The Balaban J connectivity index is 2.13. The van der Waals surface area contributed by atoms with Crippen molar-refractivity contribution < 1.29 is 14.3 Å². The Morgan fingerprint density at radius 2 is 2.29 bits per heavy atom. The van der Waals surface area contributed by atoms with Gasteiger partial charge in [0.25, 0.3) is 5.91 Å². The number of nitrogens with zero attached hydrogens (tertiary/aromatic N) is 3. The third-order valence-corrected chi connectivity index (χ3v) is 3.02. The minimum Gasteiger partial charge on any atom is -0.507 e. The molecule has 7 heteroatoms. The molecule has 112 valence electrons. The van der Waals surface area contributed by atoms with E-state index in [2.05, 4.69) is 15.4 Å². The number of hydrogen-bond acceptors (Lipinski definition) is 4. The van der Waals surface area contributed by atoms with Gasteiger partial charge in [0.1, 0.15) is 23.7 Å². The monoisotopic (exact) mass is 292 g/mol. The van der Waals surface area contributed by atoms with E-state index >= 15 is 0 Å². The molecule has 2 aromatic rings. The van der Waals surface area contributed by atoms with Gasteiger partial charge in [0.2, 0.25) is 0 Å². The van der Waals surface area contributed by atoms with Crippen LogP contribution in [-0.4, -0.2) is 25.8 Å². The zero-order valence-electron chi connectivity index (χ0n) is 11.9. The van der Waals surface area contributed by atoms with Crippen LogP contribution in [0, 0.1) is 5.82 Å². The van der Waals surface area contributed by atoms with Gasteiger partial charge in [-0.2, -0.15) is 5.10 Å². The number of nitrogens with one attached hydrogen (secondary N) is 1. The first-order chi connectivity index (χ1) is 10.0. The minimum absolute atomic E-state index is 0.0183. The Labute approximate surface area is 121 Å². The Bertz CT molecular complexity index is 642. The van der Waals surface area contributed by atoms with Crippen LogP contribution < -0.4 is 5.32 Å². The van der Waals surface area contributed by atoms with E-state index in [1.165, 1.54) is 12.4 Å². The van der Waals surface area contributed by atoms with Gasteiger partial charge in [0, 0.05) is 12.6 Å². The molecule has 0 saturated heterocycles. The summed E-state index contributed by atoms with van der Waals surface area (Å²) in [6.07, 6.45) is 2.33. The smallest absolute Gasteiger partial charge is 0.255 e. The molecule has 1 amide bonds. The van der Waals surface area contributed by atoms with E-state index < -0.39 is 17.5 Å². The molecule has 0 spiro atoms. The predicted molar refractivity (Wildman–Crippen MR) is 74.3 cm³/mol. The number of rotatable bonds is 5. The van der Waals surface area contributed by atoms with E-state index in [1.807, 2.05) is 6.92 Å². The summed E-state index contributed by atoms with van der Waals surface area (Å²) < 4.78 is 14.6. The van der Waals surface area contributed by atoms with Gasteiger partial charge >= 0.3 is 0 Å². The number of benzene rings is 1. The zero-order chi connectivity index (χ0) is 15.4. The Morgan fingerprint density at radius 1 is 1.52 bits per heavy atom. The molecular weight excluding hydrogens is 275 g/mol. The van der Waals surface area contributed by atoms with Gasteiger partial charge in [0.05, 0.1) is 11.6 Å². The standard InChI is InChI=1S/C14H17FN4O2/c1-3-6-19-13(16-8-17-19)9(2)18-14(21)11-5-4-10(15)7-12(11)20/h4-5,7-9,20H,3,6H2,1-2H3,(H,18,21)/t9-/m1/s1. The summed E-state index contributed by atoms with van der Waals surface area (Å²) in [5, 5.41) is 16.4. The van der Waals surface area contributed by atoms with E-state index in [0.717, 1.165) is 18.6 Å². The third-order valence-electron chi connectivity index (χ3n) is 3.02. The van der Waals surface area contributed by atoms with Crippen molar-refractivity contribution in [2.45, 2.75) is 32.9 Å². The molecule has 1 aromatic heterocycles. The second kappa shape index (κ2) is 6.34. The maximum absolute atomic E-state index is 12.9. The van der Waals surface area contributed by atoms with E-state index in [4.69, 9.17) is 0 Å². The molecule has 1 aromatic carbocycles. The summed E-state index contributed by atoms with van der Waals surface area (Å²) in [7, 11) is 0. The van der Waals surface area contributed by atoms with E-state index in [1.54, 1.807) is 11.6 Å². The first kappa shape index (κ1) is 15.0. The fraction of sp³-hybridized carbons (Fsp3) is 0.357. The van der Waals surface area contributed by atoms with Gasteiger partial charge in [-0.05, 0) is 25.5 Å². The average molecular weight is 292 g/mol. The molecule has 0 bridgehead atoms. The average Bonchev–Trinajstić information content (AvgIpc) is 2.87. The molecular formula is C14H17FN4O2. The van der Waals surface area contributed by atoms with Crippen LogP contribution in [-0.2, 0) is 6.54 Å². The number of phenols is 1. The summed E-state index contributed by atoms with van der Waals surface area (Å²) in [4.78, 5) is 16.2. The van der Waals surface area contributed by atoms with Crippen molar-refractivity contribution in [3.05, 3.63) is 41.7 Å². The van der Waals surface area contributed by atoms with Gasteiger partial charge in [-0.25, -0.2) is 14.1 Å². The highest BCUT2D eigenvalue weighted by Crippen LogP contribution is 2.19. The van der Waals surface area contributed by atoms with Gasteiger partial charge in [-0.1, -0.05) is 6.92 Å². The van der Waals surface area contributed by atoms with Crippen LogP contribution in [0.5, 0.6) is 5.75 Å². The van der Waals surface area contributed by atoms with Crippen molar-refractivity contribution in [2.75, 3.05) is 0 Å². The highest BCUT2D eigenvalue weighted by Gasteiger charge is 2.18. The molecule has 0 radical (unpaired) electrons.